The van der Waals surface area contributed by atoms with Crippen LogP contribution in [0.1, 0.15) is 58.3 Å². The minimum atomic E-state index is -0.191. The summed E-state index contributed by atoms with van der Waals surface area (Å²) in [6, 6.07) is 7.00. The topological polar surface area (TPSA) is 29.3 Å². The molecule has 0 saturated heterocycles. The van der Waals surface area contributed by atoms with E-state index in [-0.39, 0.29) is 5.82 Å². The number of halogens is 1. The van der Waals surface area contributed by atoms with Crippen LogP contribution in [0.3, 0.4) is 0 Å². The molecule has 0 bridgehead atoms. The van der Waals surface area contributed by atoms with Gasteiger partial charge in [-0.2, -0.15) is 0 Å². The van der Waals surface area contributed by atoms with Crippen LogP contribution < -0.4 is 10.6 Å². The number of hydrogen-bond acceptors (Lipinski definition) is 2. The Morgan fingerprint density at radius 2 is 1.57 bits per heavy atom. The Balaban J connectivity index is 2.28. The van der Waals surface area contributed by atoms with Gasteiger partial charge in [0.15, 0.2) is 0 Å². The van der Waals surface area contributed by atoms with Gasteiger partial charge in [-0.05, 0) is 30.7 Å². The maximum absolute atomic E-state index is 13.0. The summed E-state index contributed by atoms with van der Waals surface area (Å²) in [5.74, 6) is -0.191. The molecule has 0 aliphatic rings. The third-order valence-corrected chi connectivity index (χ3v) is 4.19. The quantitative estimate of drug-likeness (QED) is 0.598. The molecular formula is C18H31FN2. The molecule has 0 aliphatic carbocycles. The number of hydrogen-bond donors (Lipinski definition) is 1. The number of likely N-dealkylation sites (N-methyl/N-ethyl adjacent to an activating group) is 1. The molecule has 3 heteroatoms. The Kier molecular flexibility index (Phi) is 9.07. The molecular weight excluding hydrogens is 263 g/mol. The van der Waals surface area contributed by atoms with Gasteiger partial charge in [-0.15, -0.1) is 0 Å². The van der Waals surface area contributed by atoms with Crippen molar-refractivity contribution in [3.8, 4) is 0 Å². The van der Waals surface area contributed by atoms with Gasteiger partial charge in [0, 0.05) is 25.3 Å². The fraction of sp³-hybridized carbons (Fsp3) is 0.667. The number of nitrogens with two attached hydrogens (primary N) is 1. The summed E-state index contributed by atoms with van der Waals surface area (Å²) in [6.07, 6.45) is 10.3. The van der Waals surface area contributed by atoms with E-state index in [2.05, 4.69) is 11.8 Å². The van der Waals surface area contributed by atoms with Crippen molar-refractivity contribution in [2.75, 3.05) is 18.5 Å². The summed E-state index contributed by atoms with van der Waals surface area (Å²) < 4.78 is 13.0. The Bertz CT molecular complexity index is 364. The van der Waals surface area contributed by atoms with Gasteiger partial charge in [-0.25, -0.2) is 4.39 Å². The average molecular weight is 294 g/mol. The third-order valence-electron chi connectivity index (χ3n) is 4.19. The van der Waals surface area contributed by atoms with Crippen LogP contribution in [0.4, 0.5) is 10.1 Å². The van der Waals surface area contributed by atoms with Crippen molar-refractivity contribution in [2.24, 2.45) is 5.73 Å². The summed E-state index contributed by atoms with van der Waals surface area (Å²) in [4.78, 5) is 2.18. The van der Waals surface area contributed by atoms with E-state index in [1.54, 1.807) is 0 Å². The Morgan fingerprint density at radius 1 is 1.00 bits per heavy atom. The summed E-state index contributed by atoms with van der Waals surface area (Å²) in [7, 11) is 2.05. The van der Waals surface area contributed by atoms with Gasteiger partial charge in [0.2, 0.25) is 0 Å². The average Bonchev–Trinajstić information content (AvgIpc) is 2.50. The number of rotatable bonds is 11. The standard InChI is InChI=1S/C18H31FN2/c1-3-4-5-6-7-8-9-10-18(15-20)21(2)17-13-11-16(19)12-14-17/h11-14,18H,3-10,15,20H2,1-2H3. The number of benzene rings is 1. The molecule has 21 heavy (non-hydrogen) atoms. The highest BCUT2D eigenvalue weighted by atomic mass is 19.1. The van der Waals surface area contributed by atoms with Gasteiger partial charge in [0.25, 0.3) is 0 Å². The lowest BCUT2D eigenvalue weighted by Gasteiger charge is -2.29. The van der Waals surface area contributed by atoms with Crippen LogP contribution in [0, 0.1) is 5.82 Å². The monoisotopic (exact) mass is 294 g/mol. The number of nitrogens with zero attached hydrogens (tertiary/aromatic N) is 1. The highest BCUT2D eigenvalue weighted by molar-refractivity contribution is 5.46. The smallest absolute Gasteiger partial charge is 0.123 e. The van der Waals surface area contributed by atoms with E-state index in [1.807, 2.05) is 19.2 Å². The Labute approximate surface area is 129 Å². The molecule has 0 radical (unpaired) electrons. The van der Waals surface area contributed by atoms with Crippen LogP contribution in [-0.2, 0) is 0 Å². The SMILES string of the molecule is CCCCCCCCCC(CN)N(C)c1ccc(F)cc1. The molecule has 120 valence electrons. The van der Waals surface area contributed by atoms with E-state index >= 15 is 0 Å². The fourth-order valence-corrected chi connectivity index (χ4v) is 2.69. The van der Waals surface area contributed by atoms with Crippen LogP contribution in [0.2, 0.25) is 0 Å². The minimum Gasteiger partial charge on any atom is -0.370 e. The van der Waals surface area contributed by atoms with Crippen molar-refractivity contribution >= 4 is 5.69 Å². The third kappa shape index (κ3) is 6.94. The number of anilines is 1. The van der Waals surface area contributed by atoms with Crippen molar-refractivity contribution in [2.45, 2.75) is 64.3 Å². The second kappa shape index (κ2) is 10.6. The molecule has 1 unspecified atom stereocenters. The highest BCUT2D eigenvalue weighted by Gasteiger charge is 2.13. The van der Waals surface area contributed by atoms with Crippen LogP contribution in [0.15, 0.2) is 24.3 Å². The van der Waals surface area contributed by atoms with Crippen LogP contribution in [0.25, 0.3) is 0 Å². The van der Waals surface area contributed by atoms with E-state index in [0.29, 0.717) is 12.6 Å². The van der Waals surface area contributed by atoms with Crippen molar-refractivity contribution in [3.05, 3.63) is 30.1 Å². The van der Waals surface area contributed by atoms with E-state index in [0.717, 1.165) is 12.1 Å². The minimum absolute atomic E-state index is 0.191. The van der Waals surface area contributed by atoms with Crippen LogP contribution in [-0.4, -0.2) is 19.6 Å². The molecule has 1 atom stereocenters. The molecule has 0 heterocycles. The molecule has 0 saturated carbocycles. The molecule has 0 aromatic heterocycles. The van der Waals surface area contributed by atoms with Gasteiger partial charge in [-0.1, -0.05) is 51.9 Å². The van der Waals surface area contributed by atoms with E-state index < -0.39 is 0 Å². The highest BCUT2D eigenvalue weighted by Crippen LogP contribution is 2.19. The van der Waals surface area contributed by atoms with Crippen molar-refractivity contribution in [1.82, 2.24) is 0 Å². The molecule has 1 aromatic carbocycles. The zero-order chi connectivity index (χ0) is 15.5. The lowest BCUT2D eigenvalue weighted by molar-refractivity contribution is 0.520. The first-order chi connectivity index (χ1) is 10.2. The molecule has 2 N–H and O–H groups in total. The van der Waals surface area contributed by atoms with Gasteiger partial charge in [0.05, 0.1) is 0 Å². The summed E-state index contributed by atoms with van der Waals surface area (Å²) in [6.45, 7) is 2.89. The largest absolute Gasteiger partial charge is 0.370 e. The predicted octanol–water partition coefficient (Wildman–Crippen LogP) is 4.73. The molecule has 0 amide bonds. The normalized spacial score (nSPS) is 12.4. The van der Waals surface area contributed by atoms with Crippen LogP contribution >= 0.6 is 0 Å². The summed E-state index contributed by atoms with van der Waals surface area (Å²) >= 11 is 0. The van der Waals surface area contributed by atoms with E-state index in [1.165, 1.54) is 57.1 Å². The van der Waals surface area contributed by atoms with Gasteiger partial charge in [-0.3, -0.25) is 0 Å². The first-order valence-corrected chi connectivity index (χ1v) is 8.37. The van der Waals surface area contributed by atoms with Gasteiger partial charge >= 0.3 is 0 Å². The first-order valence-electron chi connectivity index (χ1n) is 8.37. The fourth-order valence-electron chi connectivity index (χ4n) is 2.69. The first kappa shape index (κ1) is 18.0. The van der Waals surface area contributed by atoms with Gasteiger partial charge < -0.3 is 10.6 Å². The van der Waals surface area contributed by atoms with Crippen molar-refractivity contribution in [1.29, 1.82) is 0 Å². The van der Waals surface area contributed by atoms with E-state index in [9.17, 15) is 4.39 Å². The molecule has 2 nitrogen and oxygen atoms in total. The summed E-state index contributed by atoms with van der Waals surface area (Å²) in [5.41, 5.74) is 6.94. The zero-order valence-corrected chi connectivity index (χ0v) is 13.7. The predicted molar refractivity (Wildman–Crippen MR) is 90.3 cm³/mol. The molecule has 1 aromatic rings. The van der Waals surface area contributed by atoms with Crippen molar-refractivity contribution in [3.63, 3.8) is 0 Å². The molecule has 0 spiro atoms. The van der Waals surface area contributed by atoms with Gasteiger partial charge in [0.1, 0.15) is 5.82 Å². The van der Waals surface area contributed by atoms with Crippen molar-refractivity contribution < 1.29 is 4.39 Å². The molecule has 0 fully saturated rings. The lowest BCUT2D eigenvalue weighted by atomic mass is 10.0. The summed E-state index contributed by atoms with van der Waals surface area (Å²) in [5, 5.41) is 0. The number of unbranched alkanes of at least 4 members (excludes halogenated alkanes) is 6. The van der Waals surface area contributed by atoms with E-state index in [4.69, 9.17) is 5.73 Å². The maximum atomic E-state index is 13.0. The lowest BCUT2D eigenvalue weighted by Crippen LogP contribution is -2.37. The maximum Gasteiger partial charge on any atom is 0.123 e. The molecule has 1 rings (SSSR count). The van der Waals surface area contributed by atoms with Crippen LogP contribution in [0.5, 0.6) is 0 Å². The second-order valence-electron chi connectivity index (χ2n) is 5.89. The Morgan fingerprint density at radius 3 is 2.14 bits per heavy atom. The zero-order valence-electron chi connectivity index (χ0n) is 13.7. The second-order valence-corrected chi connectivity index (χ2v) is 5.89. The Hall–Kier alpha value is -1.09. The molecule has 0 aliphatic heterocycles.